The number of nitrogens with zero attached hydrogens (tertiary/aromatic N) is 3. The highest BCUT2D eigenvalue weighted by Gasteiger charge is 2.24. The molecule has 0 amide bonds. The fourth-order valence-electron chi connectivity index (χ4n) is 3.83. The molecule has 4 nitrogen and oxygen atoms in total. The Morgan fingerprint density at radius 1 is 1.29 bits per heavy atom. The van der Waals surface area contributed by atoms with Gasteiger partial charge >= 0.3 is 0 Å². The highest BCUT2D eigenvalue weighted by Crippen LogP contribution is 2.30. The fourth-order valence-corrected chi connectivity index (χ4v) is 3.83. The lowest BCUT2D eigenvalue weighted by molar-refractivity contribution is 0.0730. The molecule has 4 heteroatoms. The third kappa shape index (κ3) is 2.38. The monoisotopic (exact) mass is 283 g/mol. The first kappa shape index (κ1) is 13.0. The number of allylic oxidation sites excluding steroid dienone is 1. The van der Waals surface area contributed by atoms with Crippen molar-refractivity contribution in [3.05, 3.63) is 29.3 Å². The van der Waals surface area contributed by atoms with Crippen LogP contribution in [-0.2, 0) is 0 Å². The van der Waals surface area contributed by atoms with Crippen LogP contribution >= 0.6 is 0 Å². The van der Waals surface area contributed by atoms with E-state index in [4.69, 9.17) is 0 Å². The zero-order valence-corrected chi connectivity index (χ0v) is 12.2. The van der Waals surface area contributed by atoms with Gasteiger partial charge in [0.25, 0.3) is 0 Å². The molecule has 2 aliphatic carbocycles. The van der Waals surface area contributed by atoms with Gasteiger partial charge in [-0.05, 0) is 31.1 Å². The molecule has 0 radical (unpaired) electrons. The van der Waals surface area contributed by atoms with Gasteiger partial charge in [0, 0.05) is 17.0 Å². The SMILES string of the molecule is OC(CC1C=Cc2cn3nncc3c2=C1)C1CCCCC1. The standard InChI is InChI=1S/C17H21N3O/c21-17(13-4-2-1-3-5-13)9-12-6-7-14-11-20-16(10-18-19-20)15(14)8-12/h6-8,10-13,17,21H,1-5,9H2. The van der Waals surface area contributed by atoms with Gasteiger partial charge in [-0.15, -0.1) is 5.10 Å². The van der Waals surface area contributed by atoms with E-state index in [1.807, 2.05) is 16.9 Å². The number of hydrogen-bond donors (Lipinski definition) is 1. The first-order valence-electron chi connectivity index (χ1n) is 8.02. The number of aliphatic hydroxyl groups excluding tert-OH is 1. The Labute approximate surface area is 124 Å². The average molecular weight is 283 g/mol. The first-order valence-corrected chi connectivity index (χ1v) is 8.02. The normalized spacial score (nSPS) is 24.0. The number of aromatic nitrogens is 3. The van der Waals surface area contributed by atoms with Crippen molar-refractivity contribution in [3.8, 4) is 0 Å². The molecule has 0 saturated heterocycles. The summed E-state index contributed by atoms with van der Waals surface area (Å²) in [6.45, 7) is 0. The van der Waals surface area contributed by atoms with Gasteiger partial charge in [0.2, 0.25) is 0 Å². The van der Waals surface area contributed by atoms with Crippen LogP contribution in [0.5, 0.6) is 0 Å². The van der Waals surface area contributed by atoms with Gasteiger partial charge in [-0.1, -0.05) is 42.7 Å². The Hall–Kier alpha value is -1.68. The Morgan fingerprint density at radius 2 is 2.14 bits per heavy atom. The van der Waals surface area contributed by atoms with Crippen LogP contribution in [0.15, 0.2) is 18.5 Å². The predicted molar refractivity (Wildman–Crippen MR) is 82.4 cm³/mol. The Bertz CT molecular complexity index is 712. The summed E-state index contributed by atoms with van der Waals surface area (Å²) in [4.78, 5) is 0. The molecule has 4 rings (SSSR count). The molecule has 2 aromatic rings. The molecule has 110 valence electrons. The molecule has 2 aliphatic rings. The molecule has 0 spiro atoms. The summed E-state index contributed by atoms with van der Waals surface area (Å²) in [5, 5.41) is 19.7. The summed E-state index contributed by atoms with van der Waals surface area (Å²) in [5.74, 6) is 0.814. The maximum atomic E-state index is 10.5. The summed E-state index contributed by atoms with van der Waals surface area (Å²) in [7, 11) is 0. The van der Waals surface area contributed by atoms with Crippen molar-refractivity contribution >= 4 is 17.7 Å². The van der Waals surface area contributed by atoms with Gasteiger partial charge in [0.15, 0.2) is 0 Å². The number of rotatable bonds is 3. The van der Waals surface area contributed by atoms with Crippen molar-refractivity contribution in [3.63, 3.8) is 0 Å². The molecular formula is C17H21N3O. The van der Waals surface area contributed by atoms with Crippen molar-refractivity contribution in [2.45, 2.75) is 44.6 Å². The van der Waals surface area contributed by atoms with Crippen molar-refractivity contribution in [1.29, 1.82) is 0 Å². The fraction of sp³-hybridized carbons (Fsp3) is 0.529. The minimum absolute atomic E-state index is 0.174. The van der Waals surface area contributed by atoms with Gasteiger partial charge in [-0.2, -0.15) is 0 Å². The Morgan fingerprint density at radius 3 is 3.00 bits per heavy atom. The number of fused-ring (bicyclic) bond motifs is 3. The largest absolute Gasteiger partial charge is 0.393 e. The molecule has 1 fully saturated rings. The van der Waals surface area contributed by atoms with Crippen LogP contribution in [0.1, 0.15) is 44.1 Å². The maximum absolute atomic E-state index is 10.5. The van der Waals surface area contributed by atoms with E-state index in [9.17, 15) is 5.11 Å². The van der Waals surface area contributed by atoms with E-state index in [2.05, 4.69) is 28.5 Å². The van der Waals surface area contributed by atoms with Crippen molar-refractivity contribution in [2.24, 2.45) is 11.8 Å². The van der Waals surface area contributed by atoms with E-state index in [-0.39, 0.29) is 6.10 Å². The lowest BCUT2D eigenvalue weighted by Gasteiger charge is -2.28. The highest BCUT2D eigenvalue weighted by molar-refractivity contribution is 5.67. The van der Waals surface area contributed by atoms with Gasteiger partial charge in [-0.3, -0.25) is 0 Å². The average Bonchev–Trinajstić information content (AvgIpc) is 3.09. The highest BCUT2D eigenvalue weighted by atomic mass is 16.3. The lowest BCUT2D eigenvalue weighted by atomic mass is 9.81. The molecule has 2 atom stereocenters. The van der Waals surface area contributed by atoms with Crippen LogP contribution in [0.25, 0.3) is 17.7 Å². The third-order valence-electron chi connectivity index (χ3n) is 5.03. The second kappa shape index (κ2) is 5.26. The Kier molecular flexibility index (Phi) is 3.26. The van der Waals surface area contributed by atoms with Crippen LogP contribution in [0.2, 0.25) is 0 Å². The van der Waals surface area contributed by atoms with Crippen LogP contribution in [0.3, 0.4) is 0 Å². The molecule has 1 N–H and O–H groups in total. The Balaban J connectivity index is 1.55. The van der Waals surface area contributed by atoms with E-state index < -0.39 is 0 Å². The second-order valence-corrected chi connectivity index (χ2v) is 6.45. The quantitative estimate of drug-likeness (QED) is 0.939. The molecule has 0 bridgehead atoms. The summed E-state index contributed by atoms with van der Waals surface area (Å²) < 4.78 is 1.82. The second-order valence-electron chi connectivity index (χ2n) is 6.45. The van der Waals surface area contributed by atoms with Crippen molar-refractivity contribution < 1.29 is 5.11 Å². The zero-order valence-electron chi connectivity index (χ0n) is 12.2. The molecule has 21 heavy (non-hydrogen) atoms. The van der Waals surface area contributed by atoms with Gasteiger partial charge in [0.05, 0.1) is 17.8 Å². The van der Waals surface area contributed by atoms with Crippen LogP contribution < -0.4 is 5.22 Å². The van der Waals surface area contributed by atoms with E-state index in [1.165, 1.54) is 42.9 Å². The van der Waals surface area contributed by atoms with E-state index in [1.54, 1.807) is 0 Å². The molecule has 0 aliphatic heterocycles. The smallest absolute Gasteiger partial charge is 0.0941 e. The minimum atomic E-state index is -0.174. The first-order chi connectivity index (χ1) is 10.3. The predicted octanol–water partition coefficient (Wildman–Crippen LogP) is 2.20. The third-order valence-corrected chi connectivity index (χ3v) is 5.03. The van der Waals surface area contributed by atoms with E-state index in [0.717, 1.165) is 11.9 Å². The van der Waals surface area contributed by atoms with E-state index >= 15 is 0 Å². The summed E-state index contributed by atoms with van der Waals surface area (Å²) in [5.41, 5.74) is 2.26. The topological polar surface area (TPSA) is 50.4 Å². The zero-order chi connectivity index (χ0) is 14.2. The molecule has 0 aromatic carbocycles. The van der Waals surface area contributed by atoms with Crippen LogP contribution in [-0.4, -0.2) is 26.0 Å². The molecule has 2 unspecified atom stereocenters. The maximum Gasteiger partial charge on any atom is 0.0941 e. The van der Waals surface area contributed by atoms with Gasteiger partial charge in [0.1, 0.15) is 0 Å². The van der Waals surface area contributed by atoms with Gasteiger partial charge < -0.3 is 5.11 Å². The summed E-state index contributed by atoms with van der Waals surface area (Å²) >= 11 is 0. The number of aliphatic hydroxyl groups is 1. The summed E-state index contributed by atoms with van der Waals surface area (Å²) in [6, 6.07) is 0. The molecule has 1 saturated carbocycles. The van der Waals surface area contributed by atoms with Crippen LogP contribution in [0, 0.1) is 11.8 Å². The lowest BCUT2D eigenvalue weighted by Crippen LogP contribution is -2.25. The van der Waals surface area contributed by atoms with Gasteiger partial charge in [-0.25, -0.2) is 4.52 Å². The van der Waals surface area contributed by atoms with Crippen molar-refractivity contribution in [1.82, 2.24) is 14.8 Å². The molecular weight excluding hydrogens is 262 g/mol. The summed E-state index contributed by atoms with van der Waals surface area (Å²) in [6.07, 6.45) is 17.4. The van der Waals surface area contributed by atoms with E-state index in [0.29, 0.717) is 11.8 Å². The minimum Gasteiger partial charge on any atom is -0.393 e. The number of hydrogen-bond acceptors (Lipinski definition) is 3. The van der Waals surface area contributed by atoms with Crippen LogP contribution in [0.4, 0.5) is 0 Å². The molecule has 2 aromatic heterocycles. The van der Waals surface area contributed by atoms with Crippen molar-refractivity contribution in [2.75, 3.05) is 0 Å². The molecule has 2 heterocycles.